The predicted molar refractivity (Wildman–Crippen MR) is 91.7 cm³/mol. The van der Waals surface area contributed by atoms with Crippen molar-refractivity contribution in [1.82, 2.24) is 4.98 Å². The molecule has 0 unspecified atom stereocenters. The summed E-state index contributed by atoms with van der Waals surface area (Å²) in [7, 11) is -3.15. The zero-order chi connectivity index (χ0) is 17.3. The van der Waals surface area contributed by atoms with Gasteiger partial charge in [-0.15, -0.1) is 0 Å². The van der Waals surface area contributed by atoms with Crippen LogP contribution in [0.2, 0.25) is 0 Å². The van der Waals surface area contributed by atoms with Gasteiger partial charge in [-0.3, -0.25) is 4.79 Å². The Kier molecular flexibility index (Phi) is 4.11. The normalized spacial score (nSPS) is 11.6. The summed E-state index contributed by atoms with van der Waals surface area (Å²) >= 11 is 0. The van der Waals surface area contributed by atoms with Crippen molar-refractivity contribution in [3.05, 3.63) is 59.5 Å². The van der Waals surface area contributed by atoms with Crippen LogP contribution in [-0.4, -0.2) is 25.6 Å². The van der Waals surface area contributed by atoms with Crippen molar-refractivity contribution in [2.45, 2.75) is 12.7 Å². The van der Waals surface area contributed by atoms with Crippen LogP contribution < -0.4 is 5.32 Å². The molecule has 0 aliphatic rings. The summed E-state index contributed by atoms with van der Waals surface area (Å²) in [6, 6.07) is 11.8. The maximum Gasteiger partial charge on any atom is 0.255 e. The molecule has 1 heterocycles. The van der Waals surface area contributed by atoms with Gasteiger partial charge in [-0.05, 0) is 35.9 Å². The number of aryl methyl sites for hydroxylation is 1. The minimum Gasteiger partial charge on any atom is -0.441 e. The Hall–Kier alpha value is -2.67. The number of oxazole rings is 1. The Morgan fingerprint density at radius 2 is 2.00 bits per heavy atom. The van der Waals surface area contributed by atoms with E-state index < -0.39 is 9.84 Å². The highest BCUT2D eigenvalue weighted by atomic mass is 32.2. The molecule has 0 spiro atoms. The summed E-state index contributed by atoms with van der Waals surface area (Å²) in [5, 5.41) is 2.78. The van der Waals surface area contributed by atoms with E-state index in [1.165, 1.54) is 0 Å². The number of nitrogens with one attached hydrogen (secondary N) is 1. The second-order valence-electron chi connectivity index (χ2n) is 5.64. The smallest absolute Gasteiger partial charge is 0.255 e. The Labute approximate surface area is 139 Å². The molecular weight excluding hydrogens is 328 g/mol. The number of hydrogen-bond acceptors (Lipinski definition) is 5. The van der Waals surface area contributed by atoms with Gasteiger partial charge in [0.2, 0.25) is 0 Å². The number of hydrogen-bond donors (Lipinski definition) is 1. The number of rotatable bonds is 4. The van der Waals surface area contributed by atoms with Crippen molar-refractivity contribution in [3.63, 3.8) is 0 Å². The number of anilines is 1. The molecule has 24 heavy (non-hydrogen) atoms. The molecule has 0 aliphatic heterocycles. The van der Waals surface area contributed by atoms with Crippen LogP contribution in [0.15, 0.2) is 46.9 Å². The van der Waals surface area contributed by atoms with Crippen molar-refractivity contribution in [1.29, 1.82) is 0 Å². The second kappa shape index (κ2) is 6.09. The first-order chi connectivity index (χ1) is 11.3. The van der Waals surface area contributed by atoms with E-state index in [-0.39, 0.29) is 11.7 Å². The van der Waals surface area contributed by atoms with E-state index in [0.29, 0.717) is 33.8 Å². The third kappa shape index (κ3) is 3.80. The average Bonchev–Trinajstić information content (AvgIpc) is 2.85. The molecule has 3 rings (SSSR count). The SMILES string of the molecule is Cc1nc2cc(NC(=O)c3cccc(CS(C)(=O)=O)c3)ccc2o1. The number of fused-ring (bicyclic) bond motifs is 1. The maximum atomic E-state index is 12.4. The van der Waals surface area contributed by atoms with Crippen molar-refractivity contribution < 1.29 is 17.6 Å². The molecule has 0 saturated heterocycles. The Bertz CT molecular complexity index is 1020. The van der Waals surface area contributed by atoms with Gasteiger partial charge in [0.15, 0.2) is 21.3 Å². The van der Waals surface area contributed by atoms with Crippen molar-refractivity contribution >= 4 is 32.5 Å². The molecule has 2 aromatic carbocycles. The zero-order valence-corrected chi connectivity index (χ0v) is 14.1. The molecule has 0 bridgehead atoms. The summed E-state index contributed by atoms with van der Waals surface area (Å²) in [5.41, 5.74) is 2.88. The van der Waals surface area contributed by atoms with Crippen LogP contribution in [-0.2, 0) is 15.6 Å². The van der Waals surface area contributed by atoms with Gasteiger partial charge in [0, 0.05) is 24.4 Å². The molecular formula is C17H16N2O4S. The molecule has 0 aliphatic carbocycles. The van der Waals surface area contributed by atoms with E-state index in [2.05, 4.69) is 10.3 Å². The minimum atomic E-state index is -3.15. The number of carbonyl (C=O) groups is 1. The molecule has 6 nitrogen and oxygen atoms in total. The van der Waals surface area contributed by atoms with Gasteiger partial charge in [-0.2, -0.15) is 0 Å². The number of aromatic nitrogens is 1. The Morgan fingerprint density at radius 1 is 1.21 bits per heavy atom. The first-order valence-electron chi connectivity index (χ1n) is 7.25. The Balaban J connectivity index is 1.81. The third-order valence-corrected chi connectivity index (χ3v) is 4.23. The molecule has 1 amide bonds. The molecule has 0 saturated carbocycles. The van der Waals surface area contributed by atoms with E-state index in [0.717, 1.165) is 6.26 Å². The number of sulfone groups is 1. The quantitative estimate of drug-likeness (QED) is 0.786. The number of benzene rings is 2. The lowest BCUT2D eigenvalue weighted by Gasteiger charge is -2.07. The van der Waals surface area contributed by atoms with E-state index in [1.807, 2.05) is 0 Å². The second-order valence-corrected chi connectivity index (χ2v) is 7.78. The molecule has 124 valence electrons. The summed E-state index contributed by atoms with van der Waals surface area (Å²) in [4.78, 5) is 16.6. The highest BCUT2D eigenvalue weighted by Crippen LogP contribution is 2.20. The first kappa shape index (κ1) is 16.2. The fraction of sp³-hybridized carbons (Fsp3) is 0.176. The van der Waals surface area contributed by atoms with Gasteiger partial charge in [0.25, 0.3) is 5.91 Å². The van der Waals surface area contributed by atoms with E-state index in [9.17, 15) is 13.2 Å². The molecule has 1 N–H and O–H groups in total. The fourth-order valence-corrected chi connectivity index (χ4v) is 3.21. The van der Waals surface area contributed by atoms with Gasteiger partial charge in [-0.1, -0.05) is 12.1 Å². The molecule has 0 radical (unpaired) electrons. The third-order valence-electron chi connectivity index (χ3n) is 3.37. The van der Waals surface area contributed by atoms with Gasteiger partial charge < -0.3 is 9.73 Å². The van der Waals surface area contributed by atoms with Crippen LogP contribution >= 0.6 is 0 Å². The summed E-state index contributed by atoms with van der Waals surface area (Å²) in [6.07, 6.45) is 1.16. The average molecular weight is 344 g/mol. The molecule has 7 heteroatoms. The summed E-state index contributed by atoms with van der Waals surface area (Å²) in [6.45, 7) is 1.76. The summed E-state index contributed by atoms with van der Waals surface area (Å²) < 4.78 is 28.2. The first-order valence-corrected chi connectivity index (χ1v) is 9.31. The maximum absolute atomic E-state index is 12.4. The number of carbonyl (C=O) groups excluding carboxylic acids is 1. The molecule has 3 aromatic rings. The largest absolute Gasteiger partial charge is 0.441 e. The topological polar surface area (TPSA) is 89.3 Å². The molecule has 0 fully saturated rings. The van der Waals surface area contributed by atoms with E-state index in [1.54, 1.807) is 49.4 Å². The fourth-order valence-electron chi connectivity index (χ4n) is 2.43. The van der Waals surface area contributed by atoms with Gasteiger partial charge in [0.05, 0.1) is 5.75 Å². The van der Waals surface area contributed by atoms with Crippen molar-refractivity contribution in [3.8, 4) is 0 Å². The van der Waals surface area contributed by atoms with E-state index >= 15 is 0 Å². The van der Waals surface area contributed by atoms with Crippen LogP contribution in [0, 0.1) is 6.92 Å². The standard InChI is InChI=1S/C17H16N2O4S/c1-11-18-15-9-14(6-7-16(15)23-11)19-17(20)13-5-3-4-12(8-13)10-24(2,21)22/h3-9H,10H2,1-2H3,(H,19,20). The lowest BCUT2D eigenvalue weighted by Crippen LogP contribution is -2.12. The predicted octanol–water partition coefficient (Wildman–Crippen LogP) is 2.93. The highest BCUT2D eigenvalue weighted by Gasteiger charge is 2.11. The molecule has 1 aromatic heterocycles. The van der Waals surface area contributed by atoms with Crippen LogP contribution in [0.5, 0.6) is 0 Å². The minimum absolute atomic E-state index is 0.0989. The zero-order valence-electron chi connectivity index (χ0n) is 13.2. The van der Waals surface area contributed by atoms with Crippen LogP contribution in [0.4, 0.5) is 5.69 Å². The highest BCUT2D eigenvalue weighted by molar-refractivity contribution is 7.89. The van der Waals surface area contributed by atoms with Gasteiger partial charge in [0.1, 0.15) is 5.52 Å². The monoisotopic (exact) mass is 344 g/mol. The van der Waals surface area contributed by atoms with Crippen LogP contribution in [0.1, 0.15) is 21.8 Å². The van der Waals surface area contributed by atoms with Crippen molar-refractivity contribution in [2.24, 2.45) is 0 Å². The lowest BCUT2D eigenvalue weighted by atomic mass is 10.1. The van der Waals surface area contributed by atoms with Crippen LogP contribution in [0.3, 0.4) is 0 Å². The van der Waals surface area contributed by atoms with E-state index in [4.69, 9.17) is 4.42 Å². The van der Waals surface area contributed by atoms with Crippen molar-refractivity contribution in [2.75, 3.05) is 11.6 Å². The van der Waals surface area contributed by atoms with Gasteiger partial charge in [-0.25, -0.2) is 13.4 Å². The van der Waals surface area contributed by atoms with Crippen LogP contribution in [0.25, 0.3) is 11.1 Å². The number of nitrogens with zero attached hydrogens (tertiary/aromatic N) is 1. The summed E-state index contributed by atoms with van der Waals surface area (Å²) in [5.74, 6) is 0.144. The lowest BCUT2D eigenvalue weighted by molar-refractivity contribution is 0.102. The van der Waals surface area contributed by atoms with Gasteiger partial charge >= 0.3 is 0 Å². The molecule has 0 atom stereocenters. The Morgan fingerprint density at radius 3 is 2.75 bits per heavy atom. The number of amides is 1.